The van der Waals surface area contributed by atoms with Crippen molar-refractivity contribution in [2.45, 2.75) is 25.3 Å². The molecule has 0 radical (unpaired) electrons. The van der Waals surface area contributed by atoms with Crippen molar-refractivity contribution >= 4 is 17.4 Å². The second-order valence-electron chi connectivity index (χ2n) is 4.53. The highest BCUT2D eigenvalue weighted by molar-refractivity contribution is 6.30. The van der Waals surface area contributed by atoms with Gasteiger partial charge < -0.3 is 0 Å². The second-order valence-corrected chi connectivity index (χ2v) is 4.96. The van der Waals surface area contributed by atoms with Gasteiger partial charge in [-0.05, 0) is 43.6 Å². The lowest BCUT2D eigenvalue weighted by Gasteiger charge is -2.32. The van der Waals surface area contributed by atoms with Gasteiger partial charge in [0, 0.05) is 5.02 Å². The zero-order chi connectivity index (χ0) is 13.0. The topological polar surface area (TPSA) is 44.1 Å². The molecule has 1 heterocycles. The third kappa shape index (κ3) is 2.90. The SMILES string of the molecule is N#CC(=O)C(c1ccc(Cl)cc1)N1CCCCC1. The number of Topliss-reactive ketones (excluding diaryl/α,β-unsaturated/α-hetero) is 1. The monoisotopic (exact) mass is 262 g/mol. The molecule has 1 saturated heterocycles. The van der Waals surface area contributed by atoms with E-state index in [2.05, 4.69) is 4.90 Å². The Hall–Kier alpha value is -1.37. The van der Waals surface area contributed by atoms with Gasteiger partial charge in [0.05, 0.1) is 0 Å². The molecular formula is C14H15ClN2O. The fraction of sp³-hybridized carbons (Fsp3) is 0.429. The molecule has 0 N–H and O–H groups in total. The molecule has 1 aliphatic rings. The van der Waals surface area contributed by atoms with E-state index in [-0.39, 0.29) is 5.78 Å². The first-order valence-corrected chi connectivity index (χ1v) is 6.53. The van der Waals surface area contributed by atoms with Crippen LogP contribution in [0.5, 0.6) is 0 Å². The summed E-state index contributed by atoms with van der Waals surface area (Å²) in [6.45, 7) is 1.75. The van der Waals surface area contributed by atoms with Crippen LogP contribution in [0.2, 0.25) is 5.02 Å². The highest BCUT2D eigenvalue weighted by atomic mass is 35.5. The standard InChI is InChI=1S/C14H15ClN2O/c15-12-6-4-11(5-7-12)14(13(18)10-16)17-8-2-1-3-9-17/h4-7,14H,1-3,8-9H2. The zero-order valence-corrected chi connectivity index (χ0v) is 10.9. The Kier molecular flexibility index (Phi) is 4.35. The van der Waals surface area contributed by atoms with E-state index in [0.717, 1.165) is 31.5 Å². The van der Waals surface area contributed by atoms with E-state index in [1.165, 1.54) is 6.42 Å². The van der Waals surface area contributed by atoms with Crippen molar-refractivity contribution in [2.75, 3.05) is 13.1 Å². The summed E-state index contributed by atoms with van der Waals surface area (Å²) < 4.78 is 0. The minimum atomic E-state index is -0.437. The summed E-state index contributed by atoms with van der Waals surface area (Å²) in [5.74, 6) is -0.390. The summed E-state index contributed by atoms with van der Waals surface area (Å²) in [7, 11) is 0. The van der Waals surface area contributed by atoms with Crippen molar-refractivity contribution < 1.29 is 4.79 Å². The minimum Gasteiger partial charge on any atom is -0.289 e. The molecular weight excluding hydrogens is 248 g/mol. The van der Waals surface area contributed by atoms with Gasteiger partial charge in [-0.2, -0.15) is 5.26 Å². The first kappa shape index (κ1) is 13.1. The number of nitriles is 1. The molecule has 2 rings (SSSR count). The van der Waals surface area contributed by atoms with Crippen LogP contribution in [-0.4, -0.2) is 23.8 Å². The minimum absolute atomic E-state index is 0.390. The molecule has 1 unspecified atom stereocenters. The maximum absolute atomic E-state index is 11.9. The number of likely N-dealkylation sites (tertiary alicyclic amines) is 1. The Bertz CT molecular complexity index is 458. The fourth-order valence-electron chi connectivity index (χ4n) is 2.41. The Morgan fingerprint density at radius 3 is 2.39 bits per heavy atom. The van der Waals surface area contributed by atoms with Gasteiger partial charge in [0.25, 0.3) is 5.78 Å². The summed E-state index contributed by atoms with van der Waals surface area (Å²) in [5, 5.41) is 9.54. The summed E-state index contributed by atoms with van der Waals surface area (Å²) in [4.78, 5) is 14.0. The van der Waals surface area contributed by atoms with E-state index >= 15 is 0 Å². The molecule has 4 heteroatoms. The summed E-state index contributed by atoms with van der Waals surface area (Å²) in [5.41, 5.74) is 0.854. The van der Waals surface area contributed by atoms with Gasteiger partial charge in [-0.1, -0.05) is 30.2 Å². The lowest BCUT2D eigenvalue weighted by Crippen LogP contribution is -2.37. The van der Waals surface area contributed by atoms with Crippen molar-refractivity contribution in [1.82, 2.24) is 4.90 Å². The molecule has 0 spiro atoms. The largest absolute Gasteiger partial charge is 0.289 e. The lowest BCUT2D eigenvalue weighted by atomic mass is 9.98. The molecule has 0 bridgehead atoms. The van der Waals surface area contributed by atoms with E-state index in [1.54, 1.807) is 18.2 Å². The second kappa shape index (κ2) is 5.99. The van der Waals surface area contributed by atoms with Crippen molar-refractivity contribution in [2.24, 2.45) is 0 Å². The number of carbonyl (C=O) groups is 1. The zero-order valence-electron chi connectivity index (χ0n) is 10.1. The van der Waals surface area contributed by atoms with Gasteiger partial charge in [0.15, 0.2) is 0 Å². The number of hydrogen-bond acceptors (Lipinski definition) is 3. The van der Waals surface area contributed by atoms with E-state index in [4.69, 9.17) is 16.9 Å². The summed E-state index contributed by atoms with van der Waals surface area (Å²) in [6.07, 6.45) is 3.37. The lowest BCUT2D eigenvalue weighted by molar-refractivity contribution is -0.119. The number of piperidine rings is 1. The molecule has 0 saturated carbocycles. The maximum atomic E-state index is 11.9. The third-order valence-corrected chi connectivity index (χ3v) is 3.55. The van der Waals surface area contributed by atoms with Crippen LogP contribution in [0.25, 0.3) is 0 Å². The first-order valence-electron chi connectivity index (χ1n) is 6.16. The predicted octanol–water partition coefficient (Wildman–Crippen LogP) is 2.96. The van der Waals surface area contributed by atoms with Crippen molar-refractivity contribution in [3.05, 3.63) is 34.9 Å². The fourth-order valence-corrected chi connectivity index (χ4v) is 2.54. The van der Waals surface area contributed by atoms with Crippen molar-refractivity contribution in [1.29, 1.82) is 5.26 Å². The third-order valence-electron chi connectivity index (χ3n) is 3.30. The Labute approximate surface area is 112 Å². The van der Waals surface area contributed by atoms with E-state index in [9.17, 15) is 4.79 Å². The Balaban J connectivity index is 2.27. The average molecular weight is 263 g/mol. The summed E-state index contributed by atoms with van der Waals surface area (Å²) >= 11 is 5.85. The molecule has 0 aliphatic carbocycles. The first-order chi connectivity index (χ1) is 8.72. The summed E-state index contributed by atoms with van der Waals surface area (Å²) in [6, 6.07) is 8.51. The number of rotatable bonds is 3. The van der Waals surface area contributed by atoms with E-state index < -0.39 is 6.04 Å². The Morgan fingerprint density at radius 2 is 1.83 bits per heavy atom. The quantitative estimate of drug-likeness (QED) is 0.787. The molecule has 94 valence electrons. The number of carbonyl (C=O) groups excluding carboxylic acids is 1. The van der Waals surface area contributed by atoms with Crippen LogP contribution in [0.1, 0.15) is 30.9 Å². The van der Waals surface area contributed by atoms with Gasteiger partial charge in [0.1, 0.15) is 12.1 Å². The number of halogens is 1. The number of hydrogen-bond donors (Lipinski definition) is 0. The maximum Gasteiger partial charge on any atom is 0.253 e. The van der Waals surface area contributed by atoms with E-state index in [1.807, 2.05) is 12.1 Å². The molecule has 1 aromatic rings. The number of ketones is 1. The van der Waals surface area contributed by atoms with Gasteiger partial charge in [-0.3, -0.25) is 9.69 Å². The molecule has 0 amide bonds. The van der Waals surface area contributed by atoms with E-state index in [0.29, 0.717) is 5.02 Å². The van der Waals surface area contributed by atoms with Crippen LogP contribution in [-0.2, 0) is 4.79 Å². The van der Waals surface area contributed by atoms with Crippen molar-refractivity contribution in [3.63, 3.8) is 0 Å². The van der Waals surface area contributed by atoms with Crippen LogP contribution in [0, 0.1) is 11.3 Å². The average Bonchev–Trinajstić information content (AvgIpc) is 2.42. The van der Waals surface area contributed by atoms with Gasteiger partial charge in [-0.15, -0.1) is 0 Å². The molecule has 3 nitrogen and oxygen atoms in total. The van der Waals surface area contributed by atoms with Crippen LogP contribution in [0.3, 0.4) is 0 Å². The highest BCUT2D eigenvalue weighted by Gasteiger charge is 2.28. The highest BCUT2D eigenvalue weighted by Crippen LogP contribution is 2.26. The molecule has 1 aromatic carbocycles. The molecule has 1 aliphatic heterocycles. The molecule has 18 heavy (non-hydrogen) atoms. The molecule has 1 fully saturated rings. The molecule has 1 atom stereocenters. The normalized spacial score (nSPS) is 18.0. The smallest absolute Gasteiger partial charge is 0.253 e. The van der Waals surface area contributed by atoms with Crippen LogP contribution >= 0.6 is 11.6 Å². The number of nitrogens with zero attached hydrogens (tertiary/aromatic N) is 2. The van der Waals surface area contributed by atoms with Gasteiger partial charge in [0.2, 0.25) is 0 Å². The van der Waals surface area contributed by atoms with Gasteiger partial charge in [-0.25, -0.2) is 0 Å². The Morgan fingerprint density at radius 1 is 1.22 bits per heavy atom. The van der Waals surface area contributed by atoms with Crippen LogP contribution in [0.4, 0.5) is 0 Å². The van der Waals surface area contributed by atoms with Crippen LogP contribution < -0.4 is 0 Å². The van der Waals surface area contributed by atoms with Gasteiger partial charge >= 0.3 is 0 Å². The molecule has 0 aromatic heterocycles. The predicted molar refractivity (Wildman–Crippen MR) is 70.2 cm³/mol. The van der Waals surface area contributed by atoms with Crippen molar-refractivity contribution in [3.8, 4) is 6.07 Å². The number of benzene rings is 1. The van der Waals surface area contributed by atoms with Crippen LogP contribution in [0.15, 0.2) is 24.3 Å².